The Morgan fingerprint density at radius 3 is 2.85 bits per heavy atom. The molecule has 2 aromatic carbocycles. The van der Waals surface area contributed by atoms with E-state index >= 15 is 0 Å². The molecule has 0 aromatic heterocycles. The Morgan fingerprint density at radius 1 is 1.27 bits per heavy atom. The molecule has 134 valence electrons. The molecule has 0 unspecified atom stereocenters. The lowest BCUT2D eigenvalue weighted by Gasteiger charge is -2.28. The minimum atomic E-state index is -0.365. The minimum absolute atomic E-state index is 0.0776. The van der Waals surface area contributed by atoms with Crippen LogP contribution in [0, 0.1) is 0 Å². The Balaban J connectivity index is 1.71. The molecule has 1 N–H and O–H groups in total. The van der Waals surface area contributed by atoms with Crippen molar-refractivity contribution in [2.75, 3.05) is 18.1 Å². The molecule has 1 aliphatic heterocycles. The monoisotopic (exact) mass is 415 g/mol. The summed E-state index contributed by atoms with van der Waals surface area (Å²) in [6, 6.07) is 14.9. The van der Waals surface area contributed by atoms with Gasteiger partial charge in [0.2, 0.25) is 0 Å². The first kappa shape index (κ1) is 18.1. The van der Waals surface area contributed by atoms with Crippen LogP contribution >= 0.6 is 15.9 Å². The van der Waals surface area contributed by atoms with Crippen molar-refractivity contribution in [3.05, 3.63) is 58.6 Å². The fourth-order valence-electron chi connectivity index (χ4n) is 2.65. The van der Waals surface area contributed by atoms with Crippen molar-refractivity contribution in [1.29, 1.82) is 0 Å². The van der Waals surface area contributed by atoms with Gasteiger partial charge in [-0.05, 0) is 36.2 Å². The van der Waals surface area contributed by atoms with Gasteiger partial charge < -0.3 is 4.74 Å². The van der Waals surface area contributed by atoms with E-state index in [1.807, 2.05) is 37.3 Å². The molecule has 1 aliphatic rings. The Kier molecular flexibility index (Phi) is 5.68. The second kappa shape index (κ2) is 8.14. The van der Waals surface area contributed by atoms with Crippen LogP contribution in [-0.2, 0) is 9.59 Å². The summed E-state index contributed by atoms with van der Waals surface area (Å²) in [5.74, 6) is -0.0340. The number of para-hydroxylation sites is 2. The molecule has 0 fully saturated rings. The number of hydrogen-bond acceptors (Lipinski definition) is 4. The van der Waals surface area contributed by atoms with Crippen molar-refractivity contribution in [3.8, 4) is 5.75 Å². The van der Waals surface area contributed by atoms with E-state index < -0.39 is 0 Å². The number of anilines is 1. The number of ether oxygens (including phenoxy) is 1. The molecule has 0 spiro atoms. The number of nitrogens with one attached hydrogen (secondary N) is 1. The molecule has 2 aromatic rings. The first-order valence-corrected chi connectivity index (χ1v) is 9.01. The number of nitrogens with zero attached hydrogens (tertiary/aromatic N) is 2. The smallest absolute Gasteiger partial charge is 0.265 e. The van der Waals surface area contributed by atoms with E-state index in [2.05, 4.69) is 26.5 Å². The third-order valence-corrected chi connectivity index (χ3v) is 4.41. The average Bonchev–Trinajstić information content (AvgIpc) is 2.65. The molecule has 7 heteroatoms. The number of benzene rings is 2. The normalized spacial score (nSPS) is 13.8. The molecule has 0 aliphatic carbocycles. The summed E-state index contributed by atoms with van der Waals surface area (Å²) in [6.07, 6.45) is 0.663. The van der Waals surface area contributed by atoms with E-state index in [0.29, 0.717) is 17.9 Å². The summed E-state index contributed by atoms with van der Waals surface area (Å²) in [7, 11) is 0. The molecule has 2 amide bonds. The van der Waals surface area contributed by atoms with Gasteiger partial charge in [-0.2, -0.15) is 5.10 Å². The number of rotatable bonds is 5. The zero-order valence-electron chi connectivity index (χ0n) is 14.2. The number of carbonyl (C=O) groups is 2. The van der Waals surface area contributed by atoms with Crippen LogP contribution < -0.4 is 15.1 Å². The van der Waals surface area contributed by atoms with Gasteiger partial charge in [0.1, 0.15) is 12.3 Å². The highest BCUT2D eigenvalue weighted by Gasteiger charge is 2.26. The van der Waals surface area contributed by atoms with E-state index in [-0.39, 0.29) is 25.0 Å². The Labute approximate surface area is 160 Å². The largest absolute Gasteiger partial charge is 0.482 e. The Bertz CT molecular complexity index is 867. The zero-order chi connectivity index (χ0) is 18.5. The van der Waals surface area contributed by atoms with E-state index in [0.717, 1.165) is 15.7 Å². The van der Waals surface area contributed by atoms with Gasteiger partial charge in [-0.25, -0.2) is 5.43 Å². The molecule has 3 rings (SSSR count). The maximum atomic E-state index is 12.3. The fourth-order valence-corrected chi connectivity index (χ4v) is 3.05. The first-order valence-electron chi connectivity index (χ1n) is 8.22. The van der Waals surface area contributed by atoms with Crippen molar-refractivity contribution < 1.29 is 14.3 Å². The van der Waals surface area contributed by atoms with Crippen LogP contribution in [0.15, 0.2) is 58.1 Å². The quantitative estimate of drug-likeness (QED) is 0.602. The highest BCUT2D eigenvalue weighted by Crippen LogP contribution is 2.31. The zero-order valence-corrected chi connectivity index (χ0v) is 15.8. The molecular weight excluding hydrogens is 398 g/mol. The van der Waals surface area contributed by atoms with Crippen LogP contribution in [0.1, 0.15) is 18.9 Å². The summed E-state index contributed by atoms with van der Waals surface area (Å²) in [4.78, 5) is 25.9. The van der Waals surface area contributed by atoms with Crippen LogP contribution in [0.5, 0.6) is 5.75 Å². The molecule has 0 bridgehead atoms. The number of halogens is 1. The molecule has 0 saturated heterocycles. The minimum Gasteiger partial charge on any atom is -0.482 e. The van der Waals surface area contributed by atoms with Crippen LogP contribution in [0.25, 0.3) is 0 Å². The summed E-state index contributed by atoms with van der Waals surface area (Å²) in [5, 5.41) is 4.23. The van der Waals surface area contributed by atoms with Gasteiger partial charge in [0.25, 0.3) is 11.8 Å². The number of fused-ring (bicyclic) bond motifs is 1. The summed E-state index contributed by atoms with van der Waals surface area (Å²) in [6.45, 7) is 1.78. The van der Waals surface area contributed by atoms with E-state index in [9.17, 15) is 9.59 Å². The van der Waals surface area contributed by atoms with Gasteiger partial charge in [-0.3, -0.25) is 14.5 Å². The van der Waals surface area contributed by atoms with Crippen molar-refractivity contribution in [3.63, 3.8) is 0 Å². The number of hydrazone groups is 1. The third kappa shape index (κ3) is 4.11. The standard InChI is InChI=1S/C19H18BrN3O3/c1-2-15(13-6-5-7-14(20)10-13)21-22-18(24)11-23-16-8-3-4-9-17(16)26-12-19(23)25/h3-10H,2,11-12H2,1H3,(H,22,24)/b21-15-. The lowest BCUT2D eigenvalue weighted by Crippen LogP contribution is -2.44. The maximum Gasteiger partial charge on any atom is 0.265 e. The maximum absolute atomic E-state index is 12.3. The molecule has 1 heterocycles. The summed E-state index contributed by atoms with van der Waals surface area (Å²) < 4.78 is 6.32. The van der Waals surface area contributed by atoms with Gasteiger partial charge in [-0.1, -0.05) is 47.1 Å². The highest BCUT2D eigenvalue weighted by molar-refractivity contribution is 9.10. The predicted octanol–water partition coefficient (Wildman–Crippen LogP) is 3.11. The van der Waals surface area contributed by atoms with Gasteiger partial charge in [0.15, 0.2) is 6.61 Å². The van der Waals surface area contributed by atoms with Crippen molar-refractivity contribution in [2.45, 2.75) is 13.3 Å². The van der Waals surface area contributed by atoms with Crippen molar-refractivity contribution in [1.82, 2.24) is 5.43 Å². The van der Waals surface area contributed by atoms with Gasteiger partial charge >= 0.3 is 0 Å². The van der Waals surface area contributed by atoms with Gasteiger partial charge in [0, 0.05) is 4.47 Å². The molecule has 0 atom stereocenters. The molecule has 0 saturated carbocycles. The Hall–Kier alpha value is -2.67. The molecular formula is C19H18BrN3O3. The van der Waals surface area contributed by atoms with Crippen LogP contribution in [-0.4, -0.2) is 30.7 Å². The van der Waals surface area contributed by atoms with Gasteiger partial charge in [-0.15, -0.1) is 0 Å². The highest BCUT2D eigenvalue weighted by atomic mass is 79.9. The topological polar surface area (TPSA) is 71.0 Å². The molecule has 26 heavy (non-hydrogen) atoms. The lowest BCUT2D eigenvalue weighted by atomic mass is 10.1. The molecule has 0 radical (unpaired) electrons. The van der Waals surface area contributed by atoms with Crippen LogP contribution in [0.2, 0.25) is 0 Å². The van der Waals surface area contributed by atoms with E-state index in [1.54, 1.807) is 18.2 Å². The van der Waals surface area contributed by atoms with E-state index in [4.69, 9.17) is 4.74 Å². The third-order valence-electron chi connectivity index (χ3n) is 3.92. The number of amides is 2. The molecule has 6 nitrogen and oxygen atoms in total. The fraction of sp³-hybridized carbons (Fsp3) is 0.211. The first-order chi connectivity index (χ1) is 12.6. The van der Waals surface area contributed by atoms with Crippen LogP contribution in [0.4, 0.5) is 5.69 Å². The number of hydrogen-bond donors (Lipinski definition) is 1. The van der Waals surface area contributed by atoms with Crippen LogP contribution in [0.3, 0.4) is 0 Å². The average molecular weight is 416 g/mol. The van der Waals surface area contributed by atoms with E-state index in [1.165, 1.54) is 4.90 Å². The predicted molar refractivity (Wildman–Crippen MR) is 103 cm³/mol. The number of carbonyl (C=O) groups excluding carboxylic acids is 2. The Morgan fingerprint density at radius 2 is 2.08 bits per heavy atom. The lowest BCUT2D eigenvalue weighted by molar-refractivity contribution is -0.125. The van der Waals surface area contributed by atoms with Gasteiger partial charge in [0.05, 0.1) is 11.4 Å². The van der Waals surface area contributed by atoms with Crippen molar-refractivity contribution in [2.24, 2.45) is 5.10 Å². The second-order valence-corrected chi connectivity index (χ2v) is 6.61. The second-order valence-electron chi connectivity index (χ2n) is 5.69. The van der Waals surface area contributed by atoms with Crippen molar-refractivity contribution >= 4 is 39.1 Å². The SMILES string of the molecule is CC/C(=N/NC(=O)CN1C(=O)COc2ccccc21)c1cccc(Br)c1. The summed E-state index contributed by atoms with van der Waals surface area (Å²) >= 11 is 3.43. The summed E-state index contributed by atoms with van der Waals surface area (Å²) in [5.41, 5.74) is 4.82.